The van der Waals surface area contributed by atoms with Gasteiger partial charge in [-0.1, -0.05) is 20.8 Å². The number of benzene rings is 1. The molecule has 0 aliphatic heterocycles. The van der Waals surface area contributed by atoms with E-state index in [2.05, 4.69) is 16.9 Å². The third kappa shape index (κ3) is 3.47. The summed E-state index contributed by atoms with van der Waals surface area (Å²) in [5, 5.41) is 0. The number of aromatic nitrogens is 2. The molecule has 1 heterocycles. The number of ether oxygens (including phenoxy) is 1. The second-order valence-electron chi connectivity index (χ2n) is 5.05. The molecule has 0 saturated carbocycles. The minimum atomic E-state index is -0.120. The van der Waals surface area contributed by atoms with Crippen molar-refractivity contribution < 1.29 is 4.74 Å². The van der Waals surface area contributed by atoms with Crippen LogP contribution in [0.5, 0.6) is 5.75 Å². The van der Waals surface area contributed by atoms with Crippen LogP contribution in [0.1, 0.15) is 38.8 Å². The Balaban J connectivity index is 2.29. The van der Waals surface area contributed by atoms with Gasteiger partial charge in [-0.15, -0.1) is 0 Å². The van der Waals surface area contributed by atoms with Crippen molar-refractivity contribution in [3.8, 4) is 17.1 Å². The summed E-state index contributed by atoms with van der Waals surface area (Å²) >= 11 is 0. The van der Waals surface area contributed by atoms with E-state index < -0.39 is 0 Å². The van der Waals surface area contributed by atoms with E-state index in [1.165, 1.54) is 0 Å². The van der Waals surface area contributed by atoms with Crippen molar-refractivity contribution in [3.05, 3.63) is 46.4 Å². The molecule has 0 atom stereocenters. The molecule has 0 aliphatic rings. The lowest BCUT2D eigenvalue weighted by molar-refractivity contribution is 0.317. The van der Waals surface area contributed by atoms with Gasteiger partial charge in [0.05, 0.1) is 12.3 Å². The summed E-state index contributed by atoms with van der Waals surface area (Å²) < 4.78 is 5.54. The maximum absolute atomic E-state index is 11.7. The molecule has 0 aliphatic carbocycles. The molecule has 4 heteroatoms. The molecule has 0 saturated heterocycles. The van der Waals surface area contributed by atoms with Crippen LogP contribution in [0.4, 0.5) is 0 Å². The van der Waals surface area contributed by atoms with Crippen LogP contribution in [0.3, 0.4) is 0 Å². The van der Waals surface area contributed by atoms with Crippen molar-refractivity contribution in [1.82, 2.24) is 9.97 Å². The molecule has 0 bridgehead atoms. The first-order valence-electron chi connectivity index (χ1n) is 6.94. The summed E-state index contributed by atoms with van der Waals surface area (Å²) in [4.78, 5) is 18.9. The molecule has 0 unspecified atom stereocenters. The van der Waals surface area contributed by atoms with Gasteiger partial charge < -0.3 is 9.72 Å². The Morgan fingerprint density at radius 2 is 1.95 bits per heavy atom. The van der Waals surface area contributed by atoms with Crippen LogP contribution in [0.25, 0.3) is 11.4 Å². The number of hydrogen-bond donors (Lipinski definition) is 1. The molecule has 20 heavy (non-hydrogen) atoms. The van der Waals surface area contributed by atoms with Crippen LogP contribution in [-0.4, -0.2) is 16.6 Å². The average Bonchev–Trinajstić information content (AvgIpc) is 2.45. The summed E-state index contributed by atoms with van der Waals surface area (Å²) in [5.41, 5.74) is 1.56. The van der Waals surface area contributed by atoms with Crippen molar-refractivity contribution >= 4 is 0 Å². The molecule has 1 N–H and O–H groups in total. The predicted octanol–water partition coefficient (Wildman–Crippen LogP) is 3.35. The number of H-pyrrole nitrogens is 1. The number of aromatic amines is 1. The first-order valence-corrected chi connectivity index (χ1v) is 6.94. The molecule has 0 fully saturated rings. The van der Waals surface area contributed by atoms with Gasteiger partial charge in [0.15, 0.2) is 0 Å². The molecule has 106 valence electrons. The monoisotopic (exact) mass is 272 g/mol. The minimum Gasteiger partial charge on any atom is -0.494 e. The van der Waals surface area contributed by atoms with Crippen LogP contribution in [-0.2, 0) is 0 Å². The Hall–Kier alpha value is -2.10. The van der Waals surface area contributed by atoms with Crippen molar-refractivity contribution in [2.45, 2.75) is 33.1 Å². The van der Waals surface area contributed by atoms with Crippen LogP contribution in [0.15, 0.2) is 35.1 Å². The normalized spacial score (nSPS) is 10.8. The fraction of sp³-hybridized carbons (Fsp3) is 0.375. The molecule has 0 spiro atoms. The zero-order valence-corrected chi connectivity index (χ0v) is 12.1. The molecular formula is C16H20N2O2. The van der Waals surface area contributed by atoms with Gasteiger partial charge in [0, 0.05) is 11.6 Å². The van der Waals surface area contributed by atoms with E-state index in [-0.39, 0.29) is 11.5 Å². The highest BCUT2D eigenvalue weighted by Crippen LogP contribution is 2.20. The van der Waals surface area contributed by atoms with Crippen molar-refractivity contribution in [3.63, 3.8) is 0 Å². The fourth-order valence-electron chi connectivity index (χ4n) is 1.84. The Bertz CT molecular complexity index is 615. The smallest absolute Gasteiger partial charge is 0.251 e. The molecule has 4 nitrogen and oxygen atoms in total. The topological polar surface area (TPSA) is 55.0 Å². The van der Waals surface area contributed by atoms with Gasteiger partial charge in [-0.2, -0.15) is 0 Å². The molecule has 1 aromatic heterocycles. The summed E-state index contributed by atoms with van der Waals surface area (Å²) in [5.74, 6) is 1.66. The van der Waals surface area contributed by atoms with Crippen LogP contribution in [0, 0.1) is 0 Å². The van der Waals surface area contributed by atoms with Crippen molar-refractivity contribution in [2.24, 2.45) is 0 Å². The summed E-state index contributed by atoms with van der Waals surface area (Å²) in [7, 11) is 0. The lowest BCUT2D eigenvalue weighted by Gasteiger charge is -2.08. The van der Waals surface area contributed by atoms with Gasteiger partial charge >= 0.3 is 0 Å². The fourth-order valence-corrected chi connectivity index (χ4v) is 1.84. The highest BCUT2D eigenvalue weighted by molar-refractivity contribution is 5.56. The maximum Gasteiger partial charge on any atom is 0.251 e. The van der Waals surface area contributed by atoms with E-state index in [4.69, 9.17) is 4.74 Å². The van der Waals surface area contributed by atoms with Crippen molar-refractivity contribution in [1.29, 1.82) is 0 Å². The second kappa shape index (κ2) is 6.37. The Morgan fingerprint density at radius 1 is 1.25 bits per heavy atom. The predicted molar refractivity (Wildman–Crippen MR) is 80.2 cm³/mol. The summed E-state index contributed by atoms with van der Waals surface area (Å²) in [6.45, 7) is 6.82. The van der Waals surface area contributed by atoms with Crippen LogP contribution < -0.4 is 10.3 Å². The zero-order chi connectivity index (χ0) is 14.5. The van der Waals surface area contributed by atoms with Gasteiger partial charge in [0.1, 0.15) is 11.6 Å². The zero-order valence-electron chi connectivity index (χ0n) is 12.1. The van der Waals surface area contributed by atoms with E-state index in [1.54, 1.807) is 6.07 Å². The van der Waals surface area contributed by atoms with Crippen LogP contribution in [0.2, 0.25) is 0 Å². The lowest BCUT2D eigenvalue weighted by atomic mass is 10.1. The first kappa shape index (κ1) is 14.3. The Kier molecular flexibility index (Phi) is 4.56. The van der Waals surface area contributed by atoms with Crippen LogP contribution >= 0.6 is 0 Å². The van der Waals surface area contributed by atoms with Gasteiger partial charge in [-0.05, 0) is 36.6 Å². The van der Waals surface area contributed by atoms with E-state index in [0.29, 0.717) is 12.4 Å². The summed E-state index contributed by atoms with van der Waals surface area (Å²) in [6.07, 6.45) is 0.979. The van der Waals surface area contributed by atoms with E-state index in [0.717, 1.165) is 23.4 Å². The van der Waals surface area contributed by atoms with Gasteiger partial charge in [0.25, 0.3) is 5.56 Å². The van der Waals surface area contributed by atoms with E-state index >= 15 is 0 Å². The highest BCUT2D eigenvalue weighted by Gasteiger charge is 2.07. The maximum atomic E-state index is 11.7. The third-order valence-electron chi connectivity index (χ3n) is 2.95. The van der Waals surface area contributed by atoms with Crippen molar-refractivity contribution in [2.75, 3.05) is 6.61 Å². The highest BCUT2D eigenvalue weighted by atomic mass is 16.5. The third-order valence-corrected chi connectivity index (χ3v) is 2.95. The standard InChI is InChI=1S/C16H20N2O2/c1-4-9-20-13-7-5-12(6-8-13)16-17-14(11(2)3)10-15(19)18-16/h5-8,10-11H,4,9H2,1-3H3,(H,17,18,19). The molecule has 1 aromatic carbocycles. The number of nitrogens with one attached hydrogen (secondary N) is 1. The van der Waals surface area contributed by atoms with E-state index in [9.17, 15) is 4.79 Å². The van der Waals surface area contributed by atoms with Gasteiger partial charge in [-0.25, -0.2) is 4.98 Å². The average molecular weight is 272 g/mol. The number of nitrogens with zero attached hydrogens (tertiary/aromatic N) is 1. The molecule has 2 rings (SSSR count). The Labute approximate surface area is 118 Å². The number of rotatable bonds is 5. The Morgan fingerprint density at radius 3 is 2.55 bits per heavy atom. The second-order valence-corrected chi connectivity index (χ2v) is 5.05. The SMILES string of the molecule is CCCOc1ccc(-c2nc(C(C)C)cc(=O)[nH]2)cc1. The van der Waals surface area contributed by atoms with Gasteiger partial charge in [0.2, 0.25) is 0 Å². The quantitative estimate of drug-likeness (QED) is 0.908. The van der Waals surface area contributed by atoms with E-state index in [1.807, 2.05) is 38.1 Å². The largest absolute Gasteiger partial charge is 0.494 e. The molecule has 0 amide bonds. The molecular weight excluding hydrogens is 252 g/mol. The molecule has 2 aromatic rings. The summed E-state index contributed by atoms with van der Waals surface area (Å²) in [6, 6.07) is 9.16. The lowest BCUT2D eigenvalue weighted by Crippen LogP contribution is -2.11. The minimum absolute atomic E-state index is 0.120. The first-order chi connectivity index (χ1) is 9.60. The molecule has 0 radical (unpaired) electrons. The van der Waals surface area contributed by atoms with Gasteiger partial charge in [-0.3, -0.25) is 4.79 Å². The number of hydrogen-bond acceptors (Lipinski definition) is 3.